The smallest absolute Gasteiger partial charge is 0.193 e. The summed E-state index contributed by atoms with van der Waals surface area (Å²) in [5.74, 6) is 1.25. The largest absolute Gasteiger partial charge is 0.356 e. The van der Waals surface area contributed by atoms with Crippen LogP contribution in [-0.2, 0) is 15.6 Å². The van der Waals surface area contributed by atoms with Gasteiger partial charge < -0.3 is 10.2 Å². The van der Waals surface area contributed by atoms with Crippen molar-refractivity contribution in [3.8, 4) is 0 Å². The van der Waals surface area contributed by atoms with Gasteiger partial charge in [0.1, 0.15) is 0 Å². The number of guanidine groups is 1. The first-order valence-corrected chi connectivity index (χ1v) is 11.0. The maximum Gasteiger partial charge on any atom is 0.193 e. The predicted molar refractivity (Wildman–Crippen MR) is 102 cm³/mol. The van der Waals surface area contributed by atoms with Crippen molar-refractivity contribution < 1.29 is 8.42 Å². The molecule has 5 nitrogen and oxygen atoms in total. The minimum absolute atomic E-state index is 0.122. The van der Waals surface area contributed by atoms with Gasteiger partial charge in [-0.2, -0.15) is 0 Å². The van der Waals surface area contributed by atoms with E-state index in [0.29, 0.717) is 18.4 Å². The van der Waals surface area contributed by atoms with E-state index in [9.17, 15) is 8.42 Å². The molecule has 0 amide bonds. The second-order valence-corrected chi connectivity index (χ2v) is 9.61. The van der Waals surface area contributed by atoms with Crippen LogP contribution in [0.2, 0.25) is 0 Å². The number of nitrogens with zero attached hydrogens (tertiary/aromatic N) is 2. The molecule has 1 saturated carbocycles. The van der Waals surface area contributed by atoms with Gasteiger partial charge in [0.2, 0.25) is 0 Å². The van der Waals surface area contributed by atoms with Crippen LogP contribution >= 0.6 is 0 Å². The molecular weight excluding hydrogens is 334 g/mol. The number of nitrogens with one attached hydrogen (secondary N) is 1. The zero-order chi connectivity index (χ0) is 17.8. The summed E-state index contributed by atoms with van der Waals surface area (Å²) >= 11 is 0. The summed E-state index contributed by atoms with van der Waals surface area (Å²) in [4.78, 5) is 6.71. The molecule has 1 aromatic rings. The van der Waals surface area contributed by atoms with E-state index < -0.39 is 9.84 Å². The standard InChI is InChI=1S/C19H29N3O2S/c1-20-18(22-13-11-19(16-22)9-5-10-19)21-12-6-14-25(23,24)15-17-7-3-2-4-8-17/h2-4,7-8H,5-6,9-16H2,1H3,(H,20,21). The number of aliphatic imine (C=N–C) groups is 1. The molecule has 1 N–H and O–H groups in total. The Labute approximate surface area is 151 Å². The van der Waals surface area contributed by atoms with Crippen LogP contribution in [-0.4, -0.2) is 51.7 Å². The van der Waals surface area contributed by atoms with Crippen molar-refractivity contribution in [1.29, 1.82) is 0 Å². The highest BCUT2D eigenvalue weighted by atomic mass is 32.2. The van der Waals surface area contributed by atoms with Crippen molar-refractivity contribution in [3.63, 3.8) is 0 Å². The lowest BCUT2D eigenvalue weighted by molar-refractivity contribution is 0.151. The second kappa shape index (κ2) is 7.77. The summed E-state index contributed by atoms with van der Waals surface area (Å²) in [6.07, 6.45) is 5.92. The van der Waals surface area contributed by atoms with E-state index in [2.05, 4.69) is 15.2 Å². The third-order valence-electron chi connectivity index (χ3n) is 5.51. The molecule has 138 valence electrons. The monoisotopic (exact) mass is 363 g/mol. The van der Waals surface area contributed by atoms with Crippen LogP contribution in [0.15, 0.2) is 35.3 Å². The minimum atomic E-state index is -3.07. The molecule has 1 aromatic carbocycles. The molecule has 25 heavy (non-hydrogen) atoms. The Morgan fingerprint density at radius 3 is 2.60 bits per heavy atom. The number of likely N-dealkylation sites (tertiary alicyclic amines) is 1. The Kier molecular flexibility index (Phi) is 5.67. The van der Waals surface area contributed by atoms with E-state index in [1.807, 2.05) is 30.3 Å². The lowest BCUT2D eigenvalue weighted by Gasteiger charge is -2.38. The minimum Gasteiger partial charge on any atom is -0.356 e. The van der Waals surface area contributed by atoms with Crippen LogP contribution in [0.1, 0.15) is 37.7 Å². The number of hydrogen-bond acceptors (Lipinski definition) is 3. The fraction of sp³-hybridized carbons (Fsp3) is 0.632. The first-order valence-electron chi connectivity index (χ1n) is 9.22. The number of rotatable bonds is 6. The lowest BCUT2D eigenvalue weighted by atomic mass is 9.68. The van der Waals surface area contributed by atoms with Crippen LogP contribution in [0.5, 0.6) is 0 Å². The predicted octanol–water partition coefficient (Wildman–Crippen LogP) is 2.44. The Hall–Kier alpha value is -1.56. The molecule has 0 bridgehead atoms. The molecule has 1 aliphatic heterocycles. The summed E-state index contributed by atoms with van der Waals surface area (Å²) < 4.78 is 24.5. The Morgan fingerprint density at radius 2 is 2.00 bits per heavy atom. The Bertz CT molecular complexity index is 697. The molecule has 2 fully saturated rings. The summed E-state index contributed by atoms with van der Waals surface area (Å²) in [7, 11) is -1.26. The van der Waals surface area contributed by atoms with Crippen molar-refractivity contribution in [1.82, 2.24) is 10.2 Å². The number of benzene rings is 1. The quantitative estimate of drug-likeness (QED) is 0.479. The average molecular weight is 364 g/mol. The zero-order valence-corrected chi connectivity index (χ0v) is 15.9. The molecule has 0 atom stereocenters. The van der Waals surface area contributed by atoms with Gasteiger partial charge in [-0.1, -0.05) is 36.8 Å². The molecule has 1 aliphatic carbocycles. The van der Waals surface area contributed by atoms with Gasteiger partial charge in [-0.15, -0.1) is 0 Å². The molecular formula is C19H29N3O2S. The van der Waals surface area contributed by atoms with Gasteiger partial charge in [-0.3, -0.25) is 4.99 Å². The van der Waals surface area contributed by atoms with Gasteiger partial charge in [-0.25, -0.2) is 8.42 Å². The van der Waals surface area contributed by atoms with Gasteiger partial charge >= 0.3 is 0 Å². The number of hydrogen-bond donors (Lipinski definition) is 1. The molecule has 2 aliphatic rings. The molecule has 6 heteroatoms. The van der Waals surface area contributed by atoms with Crippen molar-refractivity contribution in [2.45, 2.75) is 37.9 Å². The second-order valence-electron chi connectivity index (χ2n) is 7.43. The van der Waals surface area contributed by atoms with Crippen molar-refractivity contribution in [2.24, 2.45) is 10.4 Å². The van der Waals surface area contributed by atoms with Crippen LogP contribution in [0.4, 0.5) is 0 Å². The van der Waals surface area contributed by atoms with Crippen molar-refractivity contribution >= 4 is 15.8 Å². The summed E-state index contributed by atoms with van der Waals surface area (Å²) in [6, 6.07) is 9.38. The molecule has 0 unspecified atom stereocenters. The summed E-state index contributed by atoms with van der Waals surface area (Å²) in [5.41, 5.74) is 1.39. The molecule has 1 spiro atoms. The molecule has 1 heterocycles. The highest BCUT2D eigenvalue weighted by Gasteiger charge is 2.43. The maximum absolute atomic E-state index is 12.2. The highest BCUT2D eigenvalue weighted by molar-refractivity contribution is 7.90. The van der Waals surface area contributed by atoms with Gasteiger partial charge in [0, 0.05) is 26.7 Å². The molecule has 3 rings (SSSR count). The van der Waals surface area contributed by atoms with Gasteiger partial charge in [0.25, 0.3) is 0 Å². The SMILES string of the molecule is CN=C(NCCCS(=O)(=O)Cc1ccccc1)N1CCC2(CCC2)C1. The van der Waals surface area contributed by atoms with Crippen molar-refractivity contribution in [2.75, 3.05) is 32.4 Å². The van der Waals surface area contributed by atoms with Gasteiger partial charge in [0.15, 0.2) is 15.8 Å². The first-order chi connectivity index (χ1) is 12.0. The van der Waals surface area contributed by atoms with E-state index in [4.69, 9.17) is 0 Å². The van der Waals surface area contributed by atoms with Crippen molar-refractivity contribution in [3.05, 3.63) is 35.9 Å². The maximum atomic E-state index is 12.2. The normalized spacial score (nSPS) is 19.9. The Balaban J connectivity index is 1.41. The summed E-state index contributed by atoms with van der Waals surface area (Å²) in [6.45, 7) is 2.80. The van der Waals surface area contributed by atoms with E-state index in [1.54, 1.807) is 7.05 Å². The van der Waals surface area contributed by atoms with E-state index >= 15 is 0 Å². The molecule has 0 aromatic heterocycles. The first kappa shape index (κ1) is 18.2. The zero-order valence-electron chi connectivity index (χ0n) is 15.1. The van der Waals surface area contributed by atoms with Gasteiger partial charge in [-0.05, 0) is 36.7 Å². The van der Waals surface area contributed by atoms with E-state index in [0.717, 1.165) is 24.6 Å². The van der Waals surface area contributed by atoms with Crippen LogP contribution < -0.4 is 5.32 Å². The summed E-state index contributed by atoms with van der Waals surface area (Å²) in [5, 5.41) is 3.35. The van der Waals surface area contributed by atoms with Crippen LogP contribution in [0.3, 0.4) is 0 Å². The molecule has 1 saturated heterocycles. The fourth-order valence-electron chi connectivity index (χ4n) is 3.93. The van der Waals surface area contributed by atoms with Gasteiger partial charge in [0.05, 0.1) is 11.5 Å². The van der Waals surface area contributed by atoms with E-state index in [1.165, 1.54) is 25.7 Å². The number of sulfone groups is 1. The Morgan fingerprint density at radius 1 is 1.24 bits per heavy atom. The topological polar surface area (TPSA) is 61.8 Å². The van der Waals surface area contributed by atoms with E-state index in [-0.39, 0.29) is 11.5 Å². The van der Waals surface area contributed by atoms with Crippen LogP contribution in [0.25, 0.3) is 0 Å². The van der Waals surface area contributed by atoms with Crippen LogP contribution in [0, 0.1) is 5.41 Å². The third-order valence-corrected chi connectivity index (χ3v) is 7.19. The highest BCUT2D eigenvalue weighted by Crippen LogP contribution is 2.47. The molecule has 0 radical (unpaired) electrons. The third kappa shape index (κ3) is 4.75. The average Bonchev–Trinajstić information content (AvgIpc) is 3.01. The fourth-order valence-corrected chi connectivity index (χ4v) is 5.35. The lowest BCUT2D eigenvalue weighted by Crippen LogP contribution is -2.43.